The first kappa shape index (κ1) is 14.4. The molecule has 0 bridgehead atoms. The minimum absolute atomic E-state index is 0.276. The summed E-state index contributed by atoms with van der Waals surface area (Å²) in [5, 5.41) is 7.20. The van der Waals surface area contributed by atoms with Crippen molar-refractivity contribution >= 4 is 5.84 Å². The molecule has 0 rings (SSSR count). The van der Waals surface area contributed by atoms with Crippen molar-refractivity contribution in [1.82, 2.24) is 4.90 Å². The molecular formula is C11H25N3O. The van der Waals surface area contributed by atoms with Crippen LogP contribution in [0.3, 0.4) is 0 Å². The molecule has 0 aliphatic heterocycles. The first-order chi connectivity index (χ1) is 7.07. The Hall–Kier alpha value is -0.610. The summed E-state index contributed by atoms with van der Waals surface area (Å²) in [5.74, 6) is 0.276. The summed E-state index contributed by atoms with van der Waals surface area (Å²) in [4.78, 5) is 2.36. The lowest BCUT2D eigenvalue weighted by Gasteiger charge is -2.26. The van der Waals surface area contributed by atoms with E-state index in [1.807, 2.05) is 0 Å². The smallest absolute Gasteiger partial charge is 0.0918 e. The number of nitrogens with two attached hydrogens (primary N) is 1. The number of hydrogen-bond donors (Lipinski definition) is 2. The van der Waals surface area contributed by atoms with E-state index < -0.39 is 0 Å². The fourth-order valence-corrected chi connectivity index (χ4v) is 1.45. The van der Waals surface area contributed by atoms with Crippen LogP contribution >= 0.6 is 0 Å². The predicted molar refractivity (Wildman–Crippen MR) is 64.4 cm³/mol. The van der Waals surface area contributed by atoms with Gasteiger partial charge < -0.3 is 15.4 Å². The Morgan fingerprint density at radius 3 is 2.47 bits per heavy atom. The molecule has 0 aromatic carbocycles. The zero-order valence-corrected chi connectivity index (χ0v) is 10.3. The number of ether oxygens (including phenoxy) is 1. The first-order valence-electron chi connectivity index (χ1n) is 5.63. The molecule has 0 amide bonds. The molecule has 90 valence electrons. The van der Waals surface area contributed by atoms with Crippen molar-refractivity contribution in [2.24, 2.45) is 5.73 Å². The summed E-state index contributed by atoms with van der Waals surface area (Å²) >= 11 is 0. The molecule has 0 aliphatic rings. The lowest BCUT2D eigenvalue weighted by atomic mass is 10.2. The number of nitrogens with one attached hydrogen (secondary N) is 1. The van der Waals surface area contributed by atoms with E-state index in [2.05, 4.69) is 18.7 Å². The highest BCUT2D eigenvalue weighted by atomic mass is 16.5. The largest absolute Gasteiger partial charge is 0.388 e. The summed E-state index contributed by atoms with van der Waals surface area (Å²) in [5.41, 5.74) is 5.35. The lowest BCUT2D eigenvalue weighted by Crippen LogP contribution is -2.34. The van der Waals surface area contributed by atoms with Gasteiger partial charge in [0.05, 0.1) is 5.84 Å². The van der Waals surface area contributed by atoms with Crippen LogP contribution in [0, 0.1) is 5.41 Å². The number of rotatable bonds is 9. The van der Waals surface area contributed by atoms with E-state index in [9.17, 15) is 0 Å². The molecule has 4 heteroatoms. The molecule has 0 fully saturated rings. The van der Waals surface area contributed by atoms with Gasteiger partial charge in [0.1, 0.15) is 0 Å². The summed E-state index contributed by atoms with van der Waals surface area (Å²) in [7, 11) is 1.73. The molecule has 0 aromatic rings. The third-order valence-electron chi connectivity index (χ3n) is 2.44. The second-order valence-corrected chi connectivity index (χ2v) is 4.10. The van der Waals surface area contributed by atoms with Crippen molar-refractivity contribution in [3.63, 3.8) is 0 Å². The molecular weight excluding hydrogens is 190 g/mol. The van der Waals surface area contributed by atoms with E-state index in [-0.39, 0.29) is 5.84 Å². The molecule has 0 aromatic heterocycles. The average Bonchev–Trinajstić information content (AvgIpc) is 2.15. The van der Waals surface area contributed by atoms with Crippen LogP contribution in [0.15, 0.2) is 0 Å². The molecule has 3 N–H and O–H groups in total. The highest BCUT2D eigenvalue weighted by Gasteiger charge is 2.08. The molecule has 0 saturated carbocycles. The third-order valence-corrected chi connectivity index (χ3v) is 2.44. The van der Waals surface area contributed by atoms with Gasteiger partial charge in [0.15, 0.2) is 0 Å². The Kier molecular flexibility index (Phi) is 8.33. The van der Waals surface area contributed by atoms with E-state index in [4.69, 9.17) is 15.9 Å². The minimum Gasteiger partial charge on any atom is -0.388 e. The van der Waals surface area contributed by atoms with Gasteiger partial charge in [0.25, 0.3) is 0 Å². The number of methoxy groups -OCH3 is 1. The highest BCUT2D eigenvalue weighted by molar-refractivity contribution is 5.76. The van der Waals surface area contributed by atoms with Gasteiger partial charge in [-0.2, -0.15) is 0 Å². The first-order valence-corrected chi connectivity index (χ1v) is 5.63. The van der Waals surface area contributed by atoms with Crippen LogP contribution < -0.4 is 5.73 Å². The molecule has 15 heavy (non-hydrogen) atoms. The van der Waals surface area contributed by atoms with Gasteiger partial charge in [-0.1, -0.05) is 0 Å². The van der Waals surface area contributed by atoms with Gasteiger partial charge in [0, 0.05) is 32.7 Å². The van der Waals surface area contributed by atoms with E-state index >= 15 is 0 Å². The Morgan fingerprint density at radius 2 is 2.00 bits per heavy atom. The molecule has 0 atom stereocenters. The van der Waals surface area contributed by atoms with Gasteiger partial charge in [0.2, 0.25) is 0 Å². The topological polar surface area (TPSA) is 62.3 Å². The number of nitrogens with zero attached hydrogens (tertiary/aromatic N) is 1. The maximum atomic E-state index is 7.20. The van der Waals surface area contributed by atoms with Gasteiger partial charge in [-0.3, -0.25) is 5.41 Å². The molecule has 0 spiro atoms. The summed E-state index contributed by atoms with van der Waals surface area (Å²) in [6, 6.07) is 0.520. The second-order valence-electron chi connectivity index (χ2n) is 4.10. The minimum atomic E-state index is 0.276. The molecule has 0 heterocycles. The maximum Gasteiger partial charge on any atom is 0.0918 e. The Balaban J connectivity index is 3.68. The van der Waals surface area contributed by atoms with Gasteiger partial charge >= 0.3 is 0 Å². The van der Waals surface area contributed by atoms with Crippen molar-refractivity contribution in [3.8, 4) is 0 Å². The normalized spacial score (nSPS) is 11.3. The summed E-state index contributed by atoms with van der Waals surface area (Å²) in [6.07, 6.45) is 2.91. The zero-order valence-electron chi connectivity index (χ0n) is 10.3. The molecule has 4 nitrogen and oxygen atoms in total. The van der Waals surface area contributed by atoms with E-state index in [1.54, 1.807) is 7.11 Å². The van der Waals surface area contributed by atoms with Crippen LogP contribution in [0.1, 0.15) is 33.1 Å². The van der Waals surface area contributed by atoms with Crippen LogP contribution in [-0.2, 0) is 4.74 Å². The van der Waals surface area contributed by atoms with E-state index in [1.165, 1.54) is 0 Å². The highest BCUT2D eigenvalue weighted by Crippen LogP contribution is 2.03. The Morgan fingerprint density at radius 1 is 1.33 bits per heavy atom. The lowest BCUT2D eigenvalue weighted by molar-refractivity contribution is 0.176. The number of amidine groups is 1. The van der Waals surface area contributed by atoms with Gasteiger partial charge in [-0.05, 0) is 33.2 Å². The quantitative estimate of drug-likeness (QED) is 0.347. The molecule has 0 saturated heterocycles. The Bertz CT molecular complexity index is 171. The average molecular weight is 215 g/mol. The number of unbranched alkanes of at least 4 members (excludes halogenated alkanes) is 1. The monoisotopic (exact) mass is 215 g/mol. The van der Waals surface area contributed by atoms with Crippen LogP contribution in [0.5, 0.6) is 0 Å². The van der Waals surface area contributed by atoms with Crippen LogP contribution in [0.2, 0.25) is 0 Å². The maximum absolute atomic E-state index is 7.20. The standard InChI is InChI=1S/C11H25N3O/c1-10(2)14(8-6-11(12)13)7-4-5-9-15-3/h10H,4-9H2,1-3H3,(H3,12,13). The van der Waals surface area contributed by atoms with Crippen LogP contribution in [-0.4, -0.2) is 43.6 Å². The molecule has 0 radical (unpaired) electrons. The van der Waals surface area contributed by atoms with Crippen molar-refractivity contribution < 1.29 is 4.74 Å². The van der Waals surface area contributed by atoms with Crippen molar-refractivity contribution in [3.05, 3.63) is 0 Å². The predicted octanol–water partition coefficient (Wildman–Crippen LogP) is 1.45. The van der Waals surface area contributed by atoms with E-state index in [0.29, 0.717) is 12.5 Å². The molecule has 0 unspecified atom stereocenters. The fourth-order valence-electron chi connectivity index (χ4n) is 1.45. The van der Waals surface area contributed by atoms with Crippen LogP contribution in [0.4, 0.5) is 0 Å². The summed E-state index contributed by atoms with van der Waals surface area (Å²) < 4.78 is 5.01. The van der Waals surface area contributed by atoms with Crippen molar-refractivity contribution in [2.75, 3.05) is 26.8 Å². The van der Waals surface area contributed by atoms with Crippen molar-refractivity contribution in [1.29, 1.82) is 5.41 Å². The van der Waals surface area contributed by atoms with Crippen LogP contribution in [0.25, 0.3) is 0 Å². The third kappa shape index (κ3) is 8.39. The molecule has 0 aliphatic carbocycles. The fraction of sp³-hybridized carbons (Fsp3) is 0.909. The van der Waals surface area contributed by atoms with E-state index in [0.717, 1.165) is 32.5 Å². The van der Waals surface area contributed by atoms with Crippen molar-refractivity contribution in [2.45, 2.75) is 39.2 Å². The Labute approximate surface area is 93.3 Å². The SMILES string of the molecule is COCCCCN(CCC(=N)N)C(C)C. The summed E-state index contributed by atoms with van der Waals surface area (Å²) in [6.45, 7) is 7.14. The number of hydrogen-bond acceptors (Lipinski definition) is 3. The second kappa shape index (κ2) is 8.68. The van der Waals surface area contributed by atoms with Gasteiger partial charge in [-0.25, -0.2) is 0 Å². The zero-order chi connectivity index (χ0) is 11.7. The van der Waals surface area contributed by atoms with Gasteiger partial charge in [-0.15, -0.1) is 0 Å².